The summed E-state index contributed by atoms with van der Waals surface area (Å²) in [4.78, 5) is 14.2. The summed E-state index contributed by atoms with van der Waals surface area (Å²) in [6.07, 6.45) is 0. The predicted molar refractivity (Wildman–Crippen MR) is 124 cm³/mol. The third kappa shape index (κ3) is 3.64. The molecule has 0 aliphatic carbocycles. The van der Waals surface area contributed by atoms with E-state index in [9.17, 15) is 4.79 Å². The first-order valence-corrected chi connectivity index (χ1v) is 10.0. The Kier molecular flexibility index (Phi) is 4.68. The molecule has 7 nitrogen and oxygen atoms in total. The Labute approximate surface area is 182 Å². The van der Waals surface area contributed by atoms with Gasteiger partial charge in [-0.25, -0.2) is 0 Å². The first-order chi connectivity index (χ1) is 15.1. The molecule has 31 heavy (non-hydrogen) atoms. The molecule has 0 unspecified atom stereocenters. The number of hydrogen-bond acceptors (Lipinski definition) is 5. The van der Waals surface area contributed by atoms with E-state index in [1.54, 1.807) is 4.80 Å². The van der Waals surface area contributed by atoms with Crippen molar-refractivity contribution in [3.63, 3.8) is 0 Å². The molecule has 0 radical (unpaired) electrons. The number of amides is 1. The van der Waals surface area contributed by atoms with Crippen molar-refractivity contribution < 1.29 is 9.21 Å². The number of furan rings is 1. The summed E-state index contributed by atoms with van der Waals surface area (Å²) in [5, 5.41) is 15.8. The molecule has 0 fully saturated rings. The average Bonchev–Trinajstić information content (AvgIpc) is 3.35. The Morgan fingerprint density at radius 3 is 2.52 bits per heavy atom. The number of benzene rings is 3. The number of carbonyl (C=O) groups excluding carboxylic acids is 1. The second kappa shape index (κ2) is 7.66. The highest BCUT2D eigenvalue weighted by Gasteiger charge is 2.18. The fraction of sp³-hybridized carbons (Fsp3) is 0.0435. The number of nitrogens with one attached hydrogen (secondary N) is 2. The van der Waals surface area contributed by atoms with E-state index >= 15 is 0 Å². The first kappa shape index (κ1) is 19.0. The smallest absolute Gasteiger partial charge is 0.293 e. The lowest BCUT2D eigenvalue weighted by Gasteiger charge is -2.08. The summed E-state index contributed by atoms with van der Waals surface area (Å²) in [5.74, 6) is -0.158. The van der Waals surface area contributed by atoms with E-state index < -0.39 is 5.91 Å². The number of aromatic nitrogens is 3. The average molecular weight is 427 g/mol. The maximum absolute atomic E-state index is 12.7. The molecule has 0 saturated carbocycles. The highest BCUT2D eigenvalue weighted by Crippen LogP contribution is 2.25. The summed E-state index contributed by atoms with van der Waals surface area (Å²) < 4.78 is 5.69. The normalized spacial score (nSPS) is 11.0. The van der Waals surface area contributed by atoms with Crippen LogP contribution in [-0.4, -0.2) is 26.0 Å². The van der Waals surface area contributed by atoms with E-state index in [2.05, 4.69) is 20.8 Å². The second-order valence-corrected chi connectivity index (χ2v) is 7.40. The number of rotatable bonds is 3. The van der Waals surface area contributed by atoms with Crippen LogP contribution in [0.3, 0.4) is 0 Å². The zero-order valence-corrected chi connectivity index (χ0v) is 17.3. The molecule has 5 aromatic rings. The SMILES string of the molecule is Cc1c(C(=O)NC(=S)Nc2ccc3nn(-c4ccccc4)nc3c2)oc2ccccc12. The van der Waals surface area contributed by atoms with Crippen LogP contribution in [-0.2, 0) is 0 Å². The maximum atomic E-state index is 12.7. The van der Waals surface area contributed by atoms with Gasteiger partial charge in [0.1, 0.15) is 16.6 Å². The van der Waals surface area contributed by atoms with Gasteiger partial charge in [-0.2, -0.15) is 4.80 Å². The van der Waals surface area contributed by atoms with Gasteiger partial charge in [0.2, 0.25) is 0 Å². The van der Waals surface area contributed by atoms with Crippen molar-refractivity contribution in [1.82, 2.24) is 20.3 Å². The van der Waals surface area contributed by atoms with Crippen LogP contribution in [0.2, 0.25) is 0 Å². The number of hydrogen-bond donors (Lipinski definition) is 2. The fourth-order valence-electron chi connectivity index (χ4n) is 3.38. The molecule has 1 amide bonds. The fourth-order valence-corrected chi connectivity index (χ4v) is 3.59. The number of nitrogens with zero attached hydrogens (tertiary/aromatic N) is 3. The Morgan fingerprint density at radius 2 is 1.71 bits per heavy atom. The molecular weight excluding hydrogens is 410 g/mol. The van der Waals surface area contributed by atoms with Gasteiger partial charge >= 0.3 is 0 Å². The van der Waals surface area contributed by atoms with Crippen LogP contribution in [0.1, 0.15) is 16.1 Å². The van der Waals surface area contributed by atoms with Gasteiger partial charge in [-0.3, -0.25) is 10.1 Å². The Balaban J connectivity index is 1.32. The monoisotopic (exact) mass is 427 g/mol. The Hall–Kier alpha value is -4.04. The van der Waals surface area contributed by atoms with Crippen LogP contribution < -0.4 is 10.6 Å². The Morgan fingerprint density at radius 1 is 0.968 bits per heavy atom. The Bertz CT molecular complexity index is 1440. The first-order valence-electron chi connectivity index (χ1n) is 9.61. The quantitative estimate of drug-likeness (QED) is 0.409. The molecule has 2 aromatic heterocycles. The topological polar surface area (TPSA) is 85.0 Å². The molecule has 152 valence electrons. The van der Waals surface area contributed by atoms with Crippen LogP contribution in [0.4, 0.5) is 5.69 Å². The van der Waals surface area contributed by atoms with Crippen LogP contribution in [0.25, 0.3) is 27.7 Å². The standard InChI is InChI=1S/C23H17N5O2S/c1-14-17-9-5-6-10-20(17)30-21(14)22(29)25-23(31)24-15-11-12-18-19(13-15)27-28(26-18)16-7-3-2-4-8-16/h2-13H,1H3,(H2,24,25,29,31). The summed E-state index contributed by atoms with van der Waals surface area (Å²) in [6, 6.07) is 22.7. The van der Waals surface area contributed by atoms with Gasteiger partial charge in [0, 0.05) is 16.6 Å². The molecule has 2 N–H and O–H groups in total. The van der Waals surface area contributed by atoms with E-state index in [1.165, 1.54) is 0 Å². The van der Waals surface area contributed by atoms with Gasteiger partial charge in [-0.05, 0) is 55.5 Å². The molecule has 3 aromatic carbocycles. The number of para-hydroxylation sites is 2. The van der Waals surface area contributed by atoms with Gasteiger partial charge in [-0.15, -0.1) is 10.2 Å². The molecule has 0 aliphatic heterocycles. The second-order valence-electron chi connectivity index (χ2n) is 6.99. The summed E-state index contributed by atoms with van der Waals surface area (Å²) in [5.41, 5.74) is 4.46. The van der Waals surface area contributed by atoms with Crippen LogP contribution in [0.15, 0.2) is 77.2 Å². The number of fused-ring (bicyclic) bond motifs is 2. The molecule has 0 saturated heterocycles. The minimum Gasteiger partial charge on any atom is -0.451 e. The van der Waals surface area contributed by atoms with E-state index in [1.807, 2.05) is 79.7 Å². The van der Waals surface area contributed by atoms with Gasteiger partial charge in [-0.1, -0.05) is 36.4 Å². The third-order valence-corrected chi connectivity index (χ3v) is 5.11. The molecule has 0 aliphatic rings. The number of aryl methyl sites for hydroxylation is 1. The number of thiocarbonyl (C=S) groups is 1. The molecule has 0 bridgehead atoms. The van der Waals surface area contributed by atoms with Crippen molar-refractivity contribution in [2.24, 2.45) is 0 Å². The molecule has 2 heterocycles. The maximum Gasteiger partial charge on any atom is 0.293 e. The molecular formula is C23H17N5O2S. The lowest BCUT2D eigenvalue weighted by atomic mass is 10.1. The van der Waals surface area contributed by atoms with Crippen molar-refractivity contribution in [3.05, 3.63) is 84.1 Å². The third-order valence-electron chi connectivity index (χ3n) is 4.90. The summed E-state index contributed by atoms with van der Waals surface area (Å²) in [7, 11) is 0. The minimum atomic E-state index is -0.401. The van der Waals surface area contributed by atoms with E-state index in [4.69, 9.17) is 16.6 Å². The van der Waals surface area contributed by atoms with Crippen molar-refractivity contribution in [2.75, 3.05) is 5.32 Å². The van der Waals surface area contributed by atoms with E-state index in [0.717, 1.165) is 22.2 Å². The predicted octanol–water partition coefficient (Wildman–Crippen LogP) is 4.60. The zero-order valence-electron chi connectivity index (χ0n) is 16.5. The van der Waals surface area contributed by atoms with Crippen molar-refractivity contribution in [1.29, 1.82) is 0 Å². The zero-order chi connectivity index (χ0) is 21.4. The van der Waals surface area contributed by atoms with E-state index in [-0.39, 0.29) is 10.9 Å². The molecule has 5 rings (SSSR count). The molecule has 0 atom stereocenters. The minimum absolute atomic E-state index is 0.166. The molecule has 0 spiro atoms. The van der Waals surface area contributed by atoms with Crippen LogP contribution >= 0.6 is 12.2 Å². The number of carbonyl (C=O) groups is 1. The van der Waals surface area contributed by atoms with Gasteiger partial charge in [0.15, 0.2) is 10.9 Å². The van der Waals surface area contributed by atoms with Gasteiger partial charge < -0.3 is 9.73 Å². The lowest BCUT2D eigenvalue weighted by Crippen LogP contribution is -2.34. The summed E-state index contributed by atoms with van der Waals surface area (Å²) in [6.45, 7) is 1.85. The highest BCUT2D eigenvalue weighted by molar-refractivity contribution is 7.80. The largest absolute Gasteiger partial charge is 0.451 e. The van der Waals surface area contributed by atoms with Crippen LogP contribution in [0.5, 0.6) is 0 Å². The van der Waals surface area contributed by atoms with Gasteiger partial charge in [0.05, 0.1) is 5.69 Å². The van der Waals surface area contributed by atoms with E-state index in [0.29, 0.717) is 16.8 Å². The lowest BCUT2D eigenvalue weighted by molar-refractivity contribution is 0.0952. The summed E-state index contributed by atoms with van der Waals surface area (Å²) >= 11 is 5.31. The van der Waals surface area contributed by atoms with Gasteiger partial charge in [0.25, 0.3) is 5.91 Å². The van der Waals surface area contributed by atoms with Crippen molar-refractivity contribution >= 4 is 50.9 Å². The van der Waals surface area contributed by atoms with Crippen molar-refractivity contribution in [2.45, 2.75) is 6.92 Å². The number of anilines is 1. The highest BCUT2D eigenvalue weighted by atomic mass is 32.1. The van der Waals surface area contributed by atoms with Crippen LogP contribution in [0, 0.1) is 6.92 Å². The molecule has 8 heteroatoms. The van der Waals surface area contributed by atoms with Crippen molar-refractivity contribution in [3.8, 4) is 5.69 Å².